The van der Waals surface area contributed by atoms with E-state index in [-0.39, 0.29) is 0 Å². The fraction of sp³-hybridized carbons (Fsp3) is 0.900. The summed E-state index contributed by atoms with van der Waals surface area (Å²) in [7, 11) is 4.40. The zero-order valence-corrected chi connectivity index (χ0v) is 8.05. The Hall–Kier alpha value is -0.370. The molecule has 0 aromatic heterocycles. The van der Waals surface area contributed by atoms with E-state index in [9.17, 15) is 4.79 Å². The van der Waals surface area contributed by atoms with Crippen LogP contribution >= 0.6 is 0 Å². The monoisotopic (exact) mass is 168 g/mol. The maximum absolute atomic E-state index is 11.8. The number of Topliss-reactive ketones (excluding diaryl/α,β-unsaturated/α-hetero) is 1. The van der Waals surface area contributed by atoms with Gasteiger partial charge < -0.3 is 4.48 Å². The summed E-state index contributed by atoms with van der Waals surface area (Å²) in [5.74, 6) is 0.949. The lowest BCUT2D eigenvalue weighted by Gasteiger charge is -2.31. The molecule has 1 saturated heterocycles. The average Bonchev–Trinajstić information content (AvgIpc) is 2.17. The third kappa shape index (κ3) is 1.09. The lowest BCUT2D eigenvalue weighted by molar-refractivity contribution is -0.899. The van der Waals surface area contributed by atoms with E-state index in [4.69, 9.17) is 0 Å². The zero-order chi connectivity index (χ0) is 8.77. The van der Waals surface area contributed by atoms with Crippen LogP contribution in [0.1, 0.15) is 25.7 Å². The van der Waals surface area contributed by atoms with Gasteiger partial charge in [0.25, 0.3) is 0 Å². The van der Waals surface area contributed by atoms with Crippen LogP contribution in [0.15, 0.2) is 0 Å². The van der Waals surface area contributed by atoms with Crippen LogP contribution in [0.4, 0.5) is 0 Å². The Morgan fingerprint density at radius 2 is 1.92 bits per heavy atom. The van der Waals surface area contributed by atoms with Crippen LogP contribution in [0.2, 0.25) is 0 Å². The molecule has 2 bridgehead atoms. The number of quaternary nitrogens is 1. The molecule has 68 valence electrons. The van der Waals surface area contributed by atoms with Crippen molar-refractivity contribution in [3.8, 4) is 0 Å². The van der Waals surface area contributed by atoms with Crippen LogP contribution in [0.25, 0.3) is 0 Å². The van der Waals surface area contributed by atoms with Gasteiger partial charge in [-0.15, -0.1) is 0 Å². The minimum atomic E-state index is 0.331. The Kier molecular flexibility index (Phi) is 1.76. The summed E-state index contributed by atoms with van der Waals surface area (Å²) >= 11 is 0. The maximum Gasteiger partial charge on any atom is 0.198 e. The van der Waals surface area contributed by atoms with E-state index >= 15 is 0 Å². The predicted octanol–water partition coefficient (Wildman–Crippen LogP) is 1.20. The number of hydrogen-bond donors (Lipinski definition) is 0. The van der Waals surface area contributed by atoms with Crippen LogP contribution in [0.5, 0.6) is 0 Å². The number of rotatable bonds is 0. The summed E-state index contributed by atoms with van der Waals surface area (Å²) in [5, 5.41) is 0. The normalized spacial score (nSPS) is 39.7. The maximum atomic E-state index is 11.8. The molecule has 1 saturated carbocycles. The number of carbonyl (C=O) groups is 1. The topological polar surface area (TPSA) is 17.1 Å². The Labute approximate surface area is 74.1 Å². The number of likely N-dealkylation sites (N-methyl/N-ethyl adjacent to an activating group) is 1. The molecular weight excluding hydrogens is 150 g/mol. The molecule has 0 N–H and O–H groups in total. The Morgan fingerprint density at radius 3 is 2.67 bits per heavy atom. The predicted molar refractivity (Wildman–Crippen MR) is 47.7 cm³/mol. The van der Waals surface area contributed by atoms with Crippen LogP contribution < -0.4 is 0 Å². The van der Waals surface area contributed by atoms with Crippen molar-refractivity contribution >= 4 is 5.78 Å². The van der Waals surface area contributed by atoms with Gasteiger partial charge in [0.2, 0.25) is 0 Å². The fourth-order valence-electron chi connectivity index (χ4n) is 2.86. The van der Waals surface area contributed by atoms with Crippen molar-refractivity contribution in [3.63, 3.8) is 0 Å². The molecule has 2 fully saturated rings. The van der Waals surface area contributed by atoms with Crippen LogP contribution in [-0.2, 0) is 4.79 Å². The summed E-state index contributed by atoms with van der Waals surface area (Å²) in [6.45, 7) is 1.09. The van der Waals surface area contributed by atoms with Gasteiger partial charge in [-0.1, -0.05) is 6.42 Å². The minimum absolute atomic E-state index is 0.331. The molecule has 2 rings (SSSR count). The number of nitrogens with zero attached hydrogens (tertiary/aromatic N) is 1. The van der Waals surface area contributed by atoms with Crippen molar-refractivity contribution < 1.29 is 9.28 Å². The van der Waals surface area contributed by atoms with Gasteiger partial charge in [0.1, 0.15) is 6.04 Å². The molecule has 0 amide bonds. The van der Waals surface area contributed by atoms with Crippen LogP contribution in [-0.4, -0.2) is 36.9 Å². The molecule has 1 heterocycles. The van der Waals surface area contributed by atoms with E-state index in [1.807, 2.05) is 0 Å². The number of fused-ring (bicyclic) bond motifs is 2. The Balaban J connectivity index is 2.26. The SMILES string of the molecule is C[N+]1(C)CC2CCCCC1C2=O. The van der Waals surface area contributed by atoms with Crippen molar-refractivity contribution in [2.75, 3.05) is 20.6 Å². The molecule has 2 unspecified atom stereocenters. The molecule has 2 atom stereocenters. The van der Waals surface area contributed by atoms with E-state index in [1.165, 1.54) is 12.8 Å². The Bertz CT molecular complexity index is 210. The minimum Gasteiger partial charge on any atom is -0.319 e. The second-order valence-electron chi connectivity index (χ2n) is 4.86. The fourth-order valence-corrected chi connectivity index (χ4v) is 2.86. The first-order valence-electron chi connectivity index (χ1n) is 4.98. The number of hydrogen-bond acceptors (Lipinski definition) is 1. The summed E-state index contributed by atoms with van der Waals surface area (Å²) in [4.78, 5) is 11.8. The largest absolute Gasteiger partial charge is 0.319 e. The number of likely N-dealkylation sites (tertiary alicyclic amines) is 1. The van der Waals surface area contributed by atoms with Gasteiger partial charge in [0.15, 0.2) is 5.78 Å². The van der Waals surface area contributed by atoms with Gasteiger partial charge in [-0.25, -0.2) is 0 Å². The van der Waals surface area contributed by atoms with Crippen molar-refractivity contribution in [2.24, 2.45) is 5.92 Å². The first kappa shape index (κ1) is 8.24. The van der Waals surface area contributed by atoms with E-state index in [2.05, 4.69) is 14.1 Å². The molecule has 0 radical (unpaired) electrons. The van der Waals surface area contributed by atoms with Gasteiger partial charge in [-0.05, 0) is 12.8 Å². The van der Waals surface area contributed by atoms with Gasteiger partial charge in [-0.3, -0.25) is 4.79 Å². The molecule has 2 nitrogen and oxygen atoms in total. The highest BCUT2D eigenvalue weighted by molar-refractivity contribution is 5.87. The standard InChI is InChI=1S/C10H18NO/c1-11(2)7-8-5-3-4-6-9(11)10(8)12/h8-9H,3-7H2,1-2H3/q+1. The van der Waals surface area contributed by atoms with E-state index < -0.39 is 0 Å². The smallest absolute Gasteiger partial charge is 0.198 e. The molecule has 0 spiro atoms. The van der Waals surface area contributed by atoms with Crippen molar-refractivity contribution in [3.05, 3.63) is 0 Å². The summed E-state index contributed by atoms with van der Waals surface area (Å²) in [6.07, 6.45) is 4.81. The van der Waals surface area contributed by atoms with Gasteiger partial charge in [-0.2, -0.15) is 0 Å². The highest BCUT2D eigenvalue weighted by Gasteiger charge is 2.48. The third-order valence-electron chi connectivity index (χ3n) is 3.55. The van der Waals surface area contributed by atoms with E-state index in [1.54, 1.807) is 0 Å². The molecule has 1 aliphatic heterocycles. The molecule has 2 aliphatic rings. The first-order valence-corrected chi connectivity index (χ1v) is 4.98. The summed E-state index contributed by atoms with van der Waals surface area (Å²) in [6, 6.07) is 0.331. The van der Waals surface area contributed by atoms with Crippen molar-refractivity contribution in [1.82, 2.24) is 0 Å². The number of carbonyl (C=O) groups excluding carboxylic acids is 1. The quantitative estimate of drug-likeness (QED) is 0.497. The van der Waals surface area contributed by atoms with E-state index in [0.717, 1.165) is 23.9 Å². The third-order valence-corrected chi connectivity index (χ3v) is 3.55. The van der Waals surface area contributed by atoms with Crippen LogP contribution in [0.3, 0.4) is 0 Å². The summed E-state index contributed by atoms with van der Waals surface area (Å²) in [5.41, 5.74) is 0. The lowest BCUT2D eigenvalue weighted by Crippen LogP contribution is -2.46. The van der Waals surface area contributed by atoms with E-state index in [0.29, 0.717) is 17.7 Å². The lowest BCUT2D eigenvalue weighted by atomic mass is 10.0. The van der Waals surface area contributed by atoms with Gasteiger partial charge >= 0.3 is 0 Å². The highest BCUT2D eigenvalue weighted by Crippen LogP contribution is 2.34. The molecule has 2 heteroatoms. The van der Waals surface area contributed by atoms with Crippen molar-refractivity contribution in [2.45, 2.75) is 31.7 Å². The molecule has 0 aromatic rings. The second kappa shape index (κ2) is 2.56. The van der Waals surface area contributed by atoms with Gasteiger partial charge in [0, 0.05) is 6.42 Å². The second-order valence-corrected chi connectivity index (χ2v) is 4.86. The van der Waals surface area contributed by atoms with Crippen LogP contribution in [0, 0.1) is 5.92 Å². The molecular formula is C10H18NO+. The summed E-state index contributed by atoms with van der Waals surface area (Å²) < 4.78 is 0.948. The molecule has 12 heavy (non-hydrogen) atoms. The Morgan fingerprint density at radius 1 is 1.25 bits per heavy atom. The van der Waals surface area contributed by atoms with Gasteiger partial charge in [0.05, 0.1) is 26.6 Å². The first-order chi connectivity index (χ1) is 5.61. The zero-order valence-electron chi connectivity index (χ0n) is 8.05. The highest BCUT2D eigenvalue weighted by atomic mass is 16.1. The molecule has 1 aliphatic carbocycles. The molecule has 0 aromatic carbocycles. The number of ketones is 1. The average molecular weight is 168 g/mol. The van der Waals surface area contributed by atoms with Crippen molar-refractivity contribution in [1.29, 1.82) is 0 Å².